The molecule has 1 atom stereocenters. The third kappa shape index (κ3) is 7.78. The Morgan fingerprint density at radius 2 is 1.47 bits per heavy atom. The molecule has 4 aromatic rings. The van der Waals surface area contributed by atoms with Crippen LogP contribution < -0.4 is 14.4 Å². The summed E-state index contributed by atoms with van der Waals surface area (Å²) in [5.74, 6) is -1.14. The van der Waals surface area contributed by atoms with Gasteiger partial charge in [-0.1, -0.05) is 66.7 Å². The minimum atomic E-state index is -4.23. The molecule has 0 saturated heterocycles. The van der Waals surface area contributed by atoms with Crippen molar-refractivity contribution in [2.75, 3.05) is 24.5 Å². The summed E-state index contributed by atoms with van der Waals surface area (Å²) in [5, 5.41) is 2.78. The molecule has 0 bridgehead atoms. The number of sulfonamides is 1. The predicted molar refractivity (Wildman–Crippen MR) is 164 cm³/mol. The summed E-state index contributed by atoms with van der Waals surface area (Å²) < 4.78 is 49.0. The largest absolute Gasteiger partial charge is 0.497 e. The number of benzene rings is 4. The van der Waals surface area contributed by atoms with Gasteiger partial charge in [-0.25, -0.2) is 12.8 Å². The van der Waals surface area contributed by atoms with E-state index >= 15 is 0 Å². The maximum atomic E-state index is 14.9. The zero-order valence-electron chi connectivity index (χ0n) is 24.0. The number of amides is 2. The molecule has 4 aromatic carbocycles. The Morgan fingerprint density at radius 3 is 2.07 bits per heavy atom. The number of ether oxygens (including phenoxy) is 1. The average molecular weight is 604 g/mol. The number of carbonyl (C=O) groups excluding carboxylic acids is 2. The van der Waals surface area contributed by atoms with Gasteiger partial charge in [0.25, 0.3) is 10.0 Å². The van der Waals surface area contributed by atoms with E-state index in [1.54, 1.807) is 55.5 Å². The number of nitrogens with zero attached hydrogens (tertiary/aromatic N) is 2. The first-order chi connectivity index (χ1) is 20.7. The fourth-order valence-electron chi connectivity index (χ4n) is 4.65. The number of hydrogen-bond acceptors (Lipinski definition) is 5. The fraction of sp³-hybridized carbons (Fsp3) is 0.212. The monoisotopic (exact) mass is 603 g/mol. The Morgan fingerprint density at radius 1 is 0.860 bits per heavy atom. The number of anilines is 1. The molecule has 0 radical (unpaired) electrons. The highest BCUT2D eigenvalue weighted by molar-refractivity contribution is 7.92. The van der Waals surface area contributed by atoms with Gasteiger partial charge in [-0.2, -0.15) is 0 Å². The van der Waals surface area contributed by atoms with Crippen molar-refractivity contribution in [1.82, 2.24) is 10.2 Å². The molecular formula is C33H34FN3O5S. The molecule has 0 saturated carbocycles. The molecule has 43 heavy (non-hydrogen) atoms. The van der Waals surface area contributed by atoms with Crippen molar-refractivity contribution in [2.45, 2.75) is 30.8 Å². The van der Waals surface area contributed by atoms with Crippen LogP contribution in [0.2, 0.25) is 0 Å². The number of carbonyl (C=O) groups is 2. The van der Waals surface area contributed by atoms with E-state index in [9.17, 15) is 22.4 Å². The van der Waals surface area contributed by atoms with Gasteiger partial charge in [-0.05, 0) is 55.0 Å². The number of nitrogens with one attached hydrogen (secondary N) is 1. The molecule has 0 unspecified atom stereocenters. The van der Waals surface area contributed by atoms with Crippen molar-refractivity contribution in [3.8, 4) is 5.75 Å². The third-order valence-corrected chi connectivity index (χ3v) is 8.68. The van der Waals surface area contributed by atoms with Crippen LogP contribution >= 0.6 is 0 Å². The topological polar surface area (TPSA) is 96.0 Å². The minimum Gasteiger partial charge on any atom is -0.497 e. The van der Waals surface area contributed by atoms with Gasteiger partial charge in [-0.15, -0.1) is 0 Å². The predicted octanol–water partition coefficient (Wildman–Crippen LogP) is 4.81. The fourth-order valence-corrected chi connectivity index (χ4v) is 6.09. The zero-order chi connectivity index (χ0) is 30.8. The second-order valence-corrected chi connectivity index (χ2v) is 11.6. The summed E-state index contributed by atoms with van der Waals surface area (Å²) in [6.07, 6.45) is 0.140. The highest BCUT2D eigenvalue weighted by Gasteiger charge is 2.34. The van der Waals surface area contributed by atoms with Crippen LogP contribution in [0, 0.1) is 5.82 Å². The van der Waals surface area contributed by atoms with E-state index in [1.807, 2.05) is 30.3 Å². The van der Waals surface area contributed by atoms with E-state index in [2.05, 4.69) is 5.32 Å². The van der Waals surface area contributed by atoms with Crippen LogP contribution in [-0.4, -0.2) is 51.4 Å². The Balaban J connectivity index is 1.79. The van der Waals surface area contributed by atoms with Crippen LogP contribution in [0.15, 0.2) is 114 Å². The van der Waals surface area contributed by atoms with Crippen molar-refractivity contribution in [3.63, 3.8) is 0 Å². The number of hydrogen-bond donors (Lipinski definition) is 1. The van der Waals surface area contributed by atoms with Crippen molar-refractivity contribution < 1.29 is 27.1 Å². The summed E-state index contributed by atoms with van der Waals surface area (Å²) in [6.45, 7) is 1.19. The van der Waals surface area contributed by atoms with E-state index in [-0.39, 0.29) is 29.1 Å². The Bertz CT molecular complexity index is 1620. The molecule has 0 aliphatic heterocycles. The third-order valence-electron chi connectivity index (χ3n) is 6.89. The van der Waals surface area contributed by atoms with Crippen molar-refractivity contribution in [3.05, 3.63) is 126 Å². The SMILES string of the molecule is CCNC(=O)[C@H](Cc1ccccc1)N(Cc1ccccc1F)C(=O)CN(c1ccc(OC)cc1)S(=O)(=O)c1ccccc1. The number of rotatable bonds is 13. The Kier molecular flexibility index (Phi) is 10.5. The first kappa shape index (κ1) is 31.2. The molecule has 0 fully saturated rings. The normalized spacial score (nSPS) is 11.8. The van der Waals surface area contributed by atoms with Crippen LogP contribution in [0.5, 0.6) is 5.75 Å². The first-order valence-electron chi connectivity index (χ1n) is 13.8. The molecule has 4 rings (SSSR count). The minimum absolute atomic E-state index is 0.0103. The lowest BCUT2D eigenvalue weighted by Gasteiger charge is -2.34. The van der Waals surface area contributed by atoms with Gasteiger partial charge in [0.1, 0.15) is 24.2 Å². The molecule has 0 heterocycles. The maximum absolute atomic E-state index is 14.9. The summed E-state index contributed by atoms with van der Waals surface area (Å²) >= 11 is 0. The van der Waals surface area contributed by atoms with Gasteiger partial charge in [0.2, 0.25) is 11.8 Å². The van der Waals surface area contributed by atoms with Gasteiger partial charge in [0, 0.05) is 25.1 Å². The molecular weight excluding hydrogens is 569 g/mol. The van der Waals surface area contributed by atoms with Gasteiger partial charge in [-0.3, -0.25) is 13.9 Å². The first-order valence-corrected chi connectivity index (χ1v) is 15.2. The lowest BCUT2D eigenvalue weighted by atomic mass is 10.0. The number of halogens is 1. The standard InChI is InChI=1S/C33H34FN3O5S/c1-3-35-33(39)31(22-25-12-6-4-7-13-25)36(23-26-14-10-11-17-30(26)34)32(38)24-37(27-18-20-28(42-2)21-19-27)43(40,41)29-15-8-5-9-16-29/h4-21,31H,3,22-24H2,1-2H3,(H,35,39)/t31-/m0/s1. The molecule has 8 nitrogen and oxygen atoms in total. The Labute approximate surface area is 251 Å². The highest BCUT2D eigenvalue weighted by atomic mass is 32.2. The van der Waals surface area contributed by atoms with E-state index in [0.29, 0.717) is 12.3 Å². The lowest BCUT2D eigenvalue weighted by molar-refractivity contribution is -0.140. The molecule has 0 spiro atoms. The lowest BCUT2D eigenvalue weighted by Crippen LogP contribution is -2.53. The van der Waals surface area contributed by atoms with Gasteiger partial charge < -0.3 is 15.0 Å². The molecule has 224 valence electrons. The zero-order valence-corrected chi connectivity index (χ0v) is 24.8. The second-order valence-electron chi connectivity index (χ2n) is 9.74. The van der Waals surface area contributed by atoms with E-state index in [0.717, 1.165) is 9.87 Å². The van der Waals surface area contributed by atoms with Crippen LogP contribution in [0.1, 0.15) is 18.1 Å². The average Bonchev–Trinajstić information content (AvgIpc) is 3.03. The number of likely N-dealkylation sites (N-methyl/N-ethyl adjacent to an activating group) is 1. The highest BCUT2D eigenvalue weighted by Crippen LogP contribution is 2.27. The van der Waals surface area contributed by atoms with Gasteiger partial charge in [0.05, 0.1) is 17.7 Å². The molecule has 1 N–H and O–H groups in total. The smallest absolute Gasteiger partial charge is 0.264 e. The molecule has 0 aliphatic carbocycles. The molecule has 10 heteroatoms. The summed E-state index contributed by atoms with van der Waals surface area (Å²) in [5.41, 5.74) is 1.20. The van der Waals surface area contributed by atoms with Crippen molar-refractivity contribution in [1.29, 1.82) is 0 Å². The van der Waals surface area contributed by atoms with Crippen LogP contribution in [0.4, 0.5) is 10.1 Å². The quantitative estimate of drug-likeness (QED) is 0.237. The van der Waals surface area contributed by atoms with Crippen molar-refractivity contribution in [2.24, 2.45) is 0 Å². The van der Waals surface area contributed by atoms with E-state index in [1.165, 1.54) is 42.3 Å². The van der Waals surface area contributed by atoms with Gasteiger partial charge >= 0.3 is 0 Å². The molecule has 0 aliphatic rings. The molecule has 2 amide bonds. The summed E-state index contributed by atoms with van der Waals surface area (Å²) in [7, 11) is -2.74. The van der Waals surface area contributed by atoms with Crippen LogP contribution in [0.25, 0.3) is 0 Å². The maximum Gasteiger partial charge on any atom is 0.264 e. The van der Waals surface area contributed by atoms with E-state index < -0.39 is 40.2 Å². The molecule has 0 aromatic heterocycles. The van der Waals surface area contributed by atoms with Gasteiger partial charge in [0.15, 0.2) is 0 Å². The van der Waals surface area contributed by atoms with Crippen LogP contribution in [-0.2, 0) is 32.6 Å². The Hall–Kier alpha value is -4.70. The summed E-state index contributed by atoms with van der Waals surface area (Å²) in [4.78, 5) is 29.0. The second kappa shape index (κ2) is 14.5. The summed E-state index contributed by atoms with van der Waals surface area (Å²) in [6, 6.07) is 28.1. The van der Waals surface area contributed by atoms with Crippen molar-refractivity contribution >= 4 is 27.5 Å². The van der Waals surface area contributed by atoms with Crippen LogP contribution in [0.3, 0.4) is 0 Å². The number of methoxy groups -OCH3 is 1. The van der Waals surface area contributed by atoms with E-state index in [4.69, 9.17) is 4.74 Å².